The van der Waals surface area contributed by atoms with Crippen LogP contribution in [0.4, 0.5) is 0 Å². The van der Waals surface area contributed by atoms with E-state index in [2.05, 4.69) is 10.3 Å². The lowest BCUT2D eigenvalue weighted by molar-refractivity contribution is 0.175. The molecule has 0 aliphatic rings. The number of nitrogens with one attached hydrogen (secondary N) is 1. The Bertz CT molecular complexity index is 213. The van der Waals surface area contributed by atoms with Crippen LogP contribution >= 0.6 is 0 Å². The highest BCUT2D eigenvalue weighted by Crippen LogP contribution is 2.08. The molecular weight excluding hydrogens is 152 g/mol. The summed E-state index contributed by atoms with van der Waals surface area (Å²) in [6.07, 6.45) is 2.93. The summed E-state index contributed by atoms with van der Waals surface area (Å²) in [5, 5.41) is 12.6. The van der Waals surface area contributed by atoms with Gasteiger partial charge >= 0.3 is 0 Å². The lowest BCUT2D eigenvalue weighted by atomic mass is 10.2. The van der Waals surface area contributed by atoms with Gasteiger partial charge in [-0.15, -0.1) is 0 Å². The molecule has 0 aromatic carbocycles. The van der Waals surface area contributed by atoms with Gasteiger partial charge in [0, 0.05) is 24.5 Å². The summed E-state index contributed by atoms with van der Waals surface area (Å²) in [6, 6.07) is 3.69. The quantitative estimate of drug-likeness (QED) is 0.693. The Morgan fingerprint density at radius 1 is 1.67 bits per heavy atom. The molecule has 1 heterocycles. The third-order valence-corrected chi connectivity index (χ3v) is 1.66. The smallest absolute Gasteiger partial charge is 0.0929 e. The Morgan fingerprint density at radius 2 is 2.50 bits per heavy atom. The monoisotopic (exact) mass is 166 g/mol. The number of aromatic nitrogens is 1. The molecule has 12 heavy (non-hydrogen) atoms. The van der Waals surface area contributed by atoms with Gasteiger partial charge in [0.1, 0.15) is 0 Å². The third-order valence-electron chi connectivity index (χ3n) is 1.66. The predicted molar refractivity (Wildman–Crippen MR) is 47.7 cm³/mol. The van der Waals surface area contributed by atoms with Crippen LogP contribution in [0.5, 0.6) is 0 Å². The van der Waals surface area contributed by atoms with Crippen LogP contribution < -0.4 is 5.32 Å². The fourth-order valence-corrected chi connectivity index (χ4v) is 0.972. The van der Waals surface area contributed by atoms with Crippen LogP contribution in [0.3, 0.4) is 0 Å². The number of aliphatic hydroxyl groups is 1. The zero-order valence-electron chi connectivity index (χ0n) is 7.20. The molecule has 0 aliphatic carbocycles. The zero-order valence-corrected chi connectivity index (χ0v) is 7.20. The fraction of sp³-hybridized carbons (Fsp3) is 0.444. The summed E-state index contributed by atoms with van der Waals surface area (Å²) in [4.78, 5) is 3.93. The van der Waals surface area contributed by atoms with E-state index >= 15 is 0 Å². The fourth-order valence-electron chi connectivity index (χ4n) is 0.972. The van der Waals surface area contributed by atoms with Crippen molar-refractivity contribution in [3.63, 3.8) is 0 Å². The zero-order chi connectivity index (χ0) is 8.81. The first kappa shape index (κ1) is 9.16. The first-order valence-electron chi connectivity index (χ1n) is 4.13. The largest absolute Gasteiger partial charge is 0.387 e. The SMILES string of the molecule is CCNCC(O)c1cccnc1. The van der Waals surface area contributed by atoms with Gasteiger partial charge in [0.05, 0.1) is 6.10 Å². The van der Waals surface area contributed by atoms with Crippen LogP contribution in [0.1, 0.15) is 18.6 Å². The normalized spacial score (nSPS) is 12.8. The van der Waals surface area contributed by atoms with E-state index in [0.717, 1.165) is 12.1 Å². The second kappa shape index (κ2) is 4.85. The maximum atomic E-state index is 9.55. The predicted octanol–water partition coefficient (Wildman–Crippen LogP) is 0.725. The molecule has 1 rings (SSSR count). The summed E-state index contributed by atoms with van der Waals surface area (Å²) in [6.45, 7) is 3.47. The molecule has 0 aliphatic heterocycles. The van der Waals surface area contributed by atoms with Gasteiger partial charge in [-0.3, -0.25) is 4.98 Å². The van der Waals surface area contributed by atoms with Crippen LogP contribution in [0.2, 0.25) is 0 Å². The summed E-state index contributed by atoms with van der Waals surface area (Å²) in [5.41, 5.74) is 0.860. The highest BCUT2D eigenvalue weighted by Gasteiger charge is 2.04. The van der Waals surface area contributed by atoms with E-state index in [9.17, 15) is 5.11 Å². The maximum absolute atomic E-state index is 9.55. The summed E-state index contributed by atoms with van der Waals surface area (Å²) < 4.78 is 0. The van der Waals surface area contributed by atoms with Crippen molar-refractivity contribution in [1.29, 1.82) is 0 Å². The number of likely N-dealkylation sites (N-methyl/N-ethyl adjacent to an activating group) is 1. The van der Waals surface area contributed by atoms with Gasteiger partial charge in [0.25, 0.3) is 0 Å². The first-order valence-corrected chi connectivity index (χ1v) is 4.13. The van der Waals surface area contributed by atoms with Crippen LogP contribution in [-0.4, -0.2) is 23.2 Å². The average Bonchev–Trinajstić information content (AvgIpc) is 2.15. The maximum Gasteiger partial charge on any atom is 0.0929 e. The molecule has 1 atom stereocenters. The van der Waals surface area contributed by atoms with Crippen LogP contribution in [0.25, 0.3) is 0 Å². The number of rotatable bonds is 4. The van der Waals surface area contributed by atoms with Gasteiger partial charge in [-0.05, 0) is 12.6 Å². The van der Waals surface area contributed by atoms with Crippen LogP contribution in [-0.2, 0) is 0 Å². The topological polar surface area (TPSA) is 45.1 Å². The Labute approximate surface area is 72.5 Å². The van der Waals surface area contributed by atoms with Gasteiger partial charge in [0.2, 0.25) is 0 Å². The molecule has 1 unspecified atom stereocenters. The number of nitrogens with zero attached hydrogens (tertiary/aromatic N) is 1. The number of hydrogen-bond donors (Lipinski definition) is 2. The third kappa shape index (κ3) is 2.60. The van der Waals surface area contributed by atoms with E-state index in [1.807, 2.05) is 19.1 Å². The highest BCUT2D eigenvalue weighted by atomic mass is 16.3. The van der Waals surface area contributed by atoms with Crippen molar-refractivity contribution < 1.29 is 5.11 Å². The molecule has 2 N–H and O–H groups in total. The van der Waals surface area contributed by atoms with E-state index in [1.54, 1.807) is 12.4 Å². The molecule has 0 bridgehead atoms. The van der Waals surface area contributed by atoms with Crippen molar-refractivity contribution >= 4 is 0 Å². The van der Waals surface area contributed by atoms with Crippen molar-refractivity contribution in [3.8, 4) is 0 Å². The van der Waals surface area contributed by atoms with Gasteiger partial charge in [-0.2, -0.15) is 0 Å². The van der Waals surface area contributed by atoms with E-state index in [4.69, 9.17) is 0 Å². The Morgan fingerprint density at radius 3 is 3.08 bits per heavy atom. The molecule has 0 spiro atoms. The van der Waals surface area contributed by atoms with Crippen molar-refractivity contribution in [2.45, 2.75) is 13.0 Å². The van der Waals surface area contributed by atoms with E-state index in [-0.39, 0.29) is 0 Å². The Kier molecular flexibility index (Phi) is 3.70. The minimum atomic E-state index is -0.446. The number of hydrogen-bond acceptors (Lipinski definition) is 3. The van der Waals surface area contributed by atoms with Gasteiger partial charge < -0.3 is 10.4 Å². The molecule has 66 valence electrons. The molecule has 0 amide bonds. The van der Waals surface area contributed by atoms with Crippen molar-refractivity contribution in [3.05, 3.63) is 30.1 Å². The number of pyridine rings is 1. The Balaban J connectivity index is 2.48. The first-order chi connectivity index (χ1) is 5.84. The lowest BCUT2D eigenvalue weighted by Gasteiger charge is -2.09. The lowest BCUT2D eigenvalue weighted by Crippen LogP contribution is -2.20. The van der Waals surface area contributed by atoms with Crippen molar-refractivity contribution in [2.75, 3.05) is 13.1 Å². The molecule has 0 saturated carbocycles. The Hall–Kier alpha value is -0.930. The second-order valence-corrected chi connectivity index (χ2v) is 2.61. The molecule has 0 radical (unpaired) electrons. The highest BCUT2D eigenvalue weighted by molar-refractivity contribution is 5.11. The van der Waals surface area contributed by atoms with Gasteiger partial charge in [-0.1, -0.05) is 13.0 Å². The summed E-state index contributed by atoms with van der Waals surface area (Å²) in [5.74, 6) is 0. The minimum Gasteiger partial charge on any atom is -0.387 e. The molecule has 3 nitrogen and oxygen atoms in total. The van der Waals surface area contributed by atoms with Crippen LogP contribution in [0.15, 0.2) is 24.5 Å². The van der Waals surface area contributed by atoms with E-state index in [1.165, 1.54) is 0 Å². The summed E-state index contributed by atoms with van der Waals surface area (Å²) in [7, 11) is 0. The molecular formula is C9H14N2O. The second-order valence-electron chi connectivity index (χ2n) is 2.61. The average molecular weight is 166 g/mol. The molecule has 1 aromatic heterocycles. The van der Waals surface area contributed by atoms with E-state index in [0.29, 0.717) is 6.54 Å². The molecule has 1 aromatic rings. The number of aliphatic hydroxyl groups excluding tert-OH is 1. The van der Waals surface area contributed by atoms with Gasteiger partial charge in [0.15, 0.2) is 0 Å². The van der Waals surface area contributed by atoms with Gasteiger partial charge in [-0.25, -0.2) is 0 Å². The molecule has 0 fully saturated rings. The minimum absolute atomic E-state index is 0.446. The standard InChI is InChI=1S/C9H14N2O/c1-2-10-7-9(12)8-4-3-5-11-6-8/h3-6,9-10,12H,2,7H2,1H3. The molecule has 3 heteroatoms. The summed E-state index contributed by atoms with van der Waals surface area (Å²) >= 11 is 0. The van der Waals surface area contributed by atoms with Crippen molar-refractivity contribution in [2.24, 2.45) is 0 Å². The van der Waals surface area contributed by atoms with E-state index < -0.39 is 6.10 Å². The van der Waals surface area contributed by atoms with Crippen molar-refractivity contribution in [1.82, 2.24) is 10.3 Å². The van der Waals surface area contributed by atoms with Crippen LogP contribution in [0, 0.1) is 0 Å². The molecule has 0 saturated heterocycles.